The molecule has 18 heavy (non-hydrogen) atoms. The van der Waals surface area contributed by atoms with Crippen molar-refractivity contribution in [1.29, 1.82) is 0 Å². The zero-order valence-corrected chi connectivity index (χ0v) is 8.72. The molecule has 0 aliphatic heterocycles. The van der Waals surface area contributed by atoms with Crippen LogP contribution in [0, 0.1) is 0 Å². The first-order valence-corrected chi connectivity index (χ1v) is 4.72. The van der Waals surface area contributed by atoms with E-state index in [0.29, 0.717) is 6.20 Å². The minimum Gasteiger partial charge on any atom is -0.478 e. The van der Waals surface area contributed by atoms with Gasteiger partial charge in [-0.25, -0.2) is 9.48 Å². The van der Waals surface area contributed by atoms with Crippen LogP contribution in [0.4, 0.5) is 13.2 Å². The highest BCUT2D eigenvalue weighted by atomic mass is 19.4. The van der Waals surface area contributed by atoms with Gasteiger partial charge in [0.25, 0.3) is 0 Å². The van der Waals surface area contributed by atoms with Gasteiger partial charge in [-0.2, -0.15) is 13.2 Å². The number of hydrogen-bond donors (Lipinski definition) is 1. The summed E-state index contributed by atoms with van der Waals surface area (Å²) in [5.74, 6) is -1.25. The number of carbonyl (C=O) groups is 1. The van der Waals surface area contributed by atoms with E-state index < -0.39 is 17.8 Å². The van der Waals surface area contributed by atoms with Crippen LogP contribution in [0.15, 0.2) is 30.5 Å². The largest absolute Gasteiger partial charge is 0.478 e. The Kier molecular flexibility index (Phi) is 2.77. The molecule has 0 aliphatic carbocycles. The summed E-state index contributed by atoms with van der Waals surface area (Å²) in [5.41, 5.74) is -1.31. The van der Waals surface area contributed by atoms with Gasteiger partial charge in [0.1, 0.15) is 0 Å². The maximum absolute atomic E-state index is 12.3. The van der Waals surface area contributed by atoms with Crippen molar-refractivity contribution in [3.63, 3.8) is 0 Å². The topological polar surface area (TPSA) is 68.0 Å². The molecule has 0 fully saturated rings. The molecule has 1 N–H and O–H groups in total. The lowest BCUT2D eigenvalue weighted by Crippen LogP contribution is -2.06. The molecule has 0 spiro atoms. The summed E-state index contributed by atoms with van der Waals surface area (Å²) in [6.45, 7) is 0. The molecule has 1 heterocycles. The predicted octanol–water partition coefficient (Wildman–Crippen LogP) is 1.98. The highest BCUT2D eigenvalue weighted by Gasteiger charge is 2.34. The summed E-state index contributed by atoms with van der Waals surface area (Å²) < 4.78 is 37.8. The van der Waals surface area contributed by atoms with Crippen LogP contribution in [0.25, 0.3) is 5.69 Å². The summed E-state index contributed by atoms with van der Waals surface area (Å²) in [6.07, 6.45) is -3.97. The third kappa shape index (κ3) is 2.17. The van der Waals surface area contributed by atoms with Crippen LogP contribution in [0.5, 0.6) is 0 Å². The Bertz CT molecular complexity index is 592. The molecule has 1 aromatic heterocycles. The normalized spacial score (nSPS) is 11.5. The van der Waals surface area contributed by atoms with Crippen molar-refractivity contribution in [2.24, 2.45) is 0 Å². The molecule has 8 heteroatoms. The van der Waals surface area contributed by atoms with Crippen LogP contribution in [-0.2, 0) is 6.18 Å². The number of aromatic nitrogens is 3. The molecule has 0 bridgehead atoms. The molecule has 0 amide bonds. The van der Waals surface area contributed by atoms with E-state index in [4.69, 9.17) is 5.11 Å². The average Bonchev–Trinajstić information content (AvgIpc) is 2.77. The quantitative estimate of drug-likeness (QED) is 0.893. The van der Waals surface area contributed by atoms with Gasteiger partial charge in [-0.3, -0.25) is 0 Å². The van der Waals surface area contributed by atoms with Gasteiger partial charge in [0.15, 0.2) is 5.69 Å². The zero-order valence-electron chi connectivity index (χ0n) is 8.72. The van der Waals surface area contributed by atoms with Gasteiger partial charge in [-0.05, 0) is 12.1 Å². The van der Waals surface area contributed by atoms with Crippen molar-refractivity contribution < 1.29 is 23.1 Å². The Hall–Kier alpha value is -2.38. The first-order chi connectivity index (χ1) is 8.39. The van der Waals surface area contributed by atoms with Crippen LogP contribution in [0.2, 0.25) is 0 Å². The van der Waals surface area contributed by atoms with E-state index in [1.165, 1.54) is 24.3 Å². The Labute approximate surface area is 98.5 Å². The van der Waals surface area contributed by atoms with Crippen molar-refractivity contribution in [3.05, 3.63) is 41.7 Å². The minimum atomic E-state index is -4.61. The van der Waals surface area contributed by atoms with E-state index >= 15 is 0 Å². The molecule has 2 aromatic rings. The highest BCUT2D eigenvalue weighted by Crippen LogP contribution is 2.27. The van der Waals surface area contributed by atoms with Gasteiger partial charge < -0.3 is 5.11 Å². The molecule has 5 nitrogen and oxygen atoms in total. The Balaban J connectivity index is 2.50. The molecule has 0 aliphatic rings. The van der Waals surface area contributed by atoms with E-state index in [0.717, 1.165) is 4.68 Å². The summed E-state index contributed by atoms with van der Waals surface area (Å²) in [7, 11) is 0. The van der Waals surface area contributed by atoms with Crippen LogP contribution in [0.1, 0.15) is 16.1 Å². The lowest BCUT2D eigenvalue weighted by molar-refractivity contribution is -0.141. The van der Waals surface area contributed by atoms with Gasteiger partial charge >= 0.3 is 12.1 Å². The van der Waals surface area contributed by atoms with Crippen molar-refractivity contribution in [1.82, 2.24) is 15.0 Å². The fourth-order valence-corrected chi connectivity index (χ4v) is 1.37. The van der Waals surface area contributed by atoms with Gasteiger partial charge in [0.05, 0.1) is 17.4 Å². The van der Waals surface area contributed by atoms with Crippen LogP contribution in [-0.4, -0.2) is 26.1 Å². The Morgan fingerprint density at radius 1 is 1.28 bits per heavy atom. The molecule has 0 saturated heterocycles. The van der Waals surface area contributed by atoms with Gasteiger partial charge in [0.2, 0.25) is 0 Å². The number of benzene rings is 1. The number of carboxylic acid groups (broad SMARTS) is 1. The molecule has 0 unspecified atom stereocenters. The second-order valence-corrected chi connectivity index (χ2v) is 3.37. The number of alkyl halides is 3. The smallest absolute Gasteiger partial charge is 0.436 e. The summed E-state index contributed by atoms with van der Waals surface area (Å²) in [6, 6.07) is 5.58. The molecule has 0 atom stereocenters. The van der Waals surface area contributed by atoms with Gasteiger partial charge in [0, 0.05) is 0 Å². The number of nitrogens with zero attached hydrogens (tertiary/aromatic N) is 3. The fourth-order valence-electron chi connectivity index (χ4n) is 1.37. The molecule has 1 aromatic carbocycles. The summed E-state index contributed by atoms with van der Waals surface area (Å²) in [5, 5.41) is 15.1. The predicted molar refractivity (Wildman–Crippen MR) is 53.3 cm³/mol. The van der Waals surface area contributed by atoms with Crippen molar-refractivity contribution in [2.75, 3.05) is 0 Å². The van der Waals surface area contributed by atoms with Gasteiger partial charge in [-0.15, -0.1) is 5.10 Å². The zero-order chi connectivity index (χ0) is 13.3. The molecule has 94 valence electrons. The van der Waals surface area contributed by atoms with Crippen molar-refractivity contribution in [3.8, 4) is 5.69 Å². The molecule has 0 radical (unpaired) electrons. The second-order valence-electron chi connectivity index (χ2n) is 3.37. The third-order valence-electron chi connectivity index (χ3n) is 2.17. The Morgan fingerprint density at radius 2 is 1.94 bits per heavy atom. The van der Waals surface area contributed by atoms with Gasteiger partial charge in [-0.1, -0.05) is 17.3 Å². The monoisotopic (exact) mass is 257 g/mol. The molecular formula is C10H6F3N3O2. The SMILES string of the molecule is O=C(O)c1ccccc1-n1cc(C(F)(F)F)nn1. The summed E-state index contributed by atoms with van der Waals surface area (Å²) >= 11 is 0. The van der Waals surface area contributed by atoms with Crippen molar-refractivity contribution >= 4 is 5.97 Å². The maximum atomic E-state index is 12.3. The van der Waals surface area contributed by atoms with E-state index in [-0.39, 0.29) is 11.3 Å². The Morgan fingerprint density at radius 3 is 2.50 bits per heavy atom. The maximum Gasteiger partial charge on any atom is 0.436 e. The number of hydrogen-bond acceptors (Lipinski definition) is 3. The number of aromatic carboxylic acids is 1. The second kappa shape index (κ2) is 4.13. The van der Waals surface area contributed by atoms with E-state index in [1.54, 1.807) is 0 Å². The lowest BCUT2D eigenvalue weighted by Gasteiger charge is -2.04. The van der Waals surface area contributed by atoms with Crippen LogP contribution < -0.4 is 0 Å². The molecular weight excluding hydrogens is 251 g/mol. The number of halogens is 3. The third-order valence-corrected chi connectivity index (χ3v) is 2.17. The first kappa shape index (κ1) is 12.1. The van der Waals surface area contributed by atoms with E-state index in [9.17, 15) is 18.0 Å². The van der Waals surface area contributed by atoms with Crippen molar-refractivity contribution in [2.45, 2.75) is 6.18 Å². The number of para-hydroxylation sites is 1. The highest BCUT2D eigenvalue weighted by molar-refractivity contribution is 5.91. The average molecular weight is 257 g/mol. The first-order valence-electron chi connectivity index (χ1n) is 4.72. The molecule has 2 rings (SSSR count). The van der Waals surface area contributed by atoms with Crippen LogP contribution in [0.3, 0.4) is 0 Å². The van der Waals surface area contributed by atoms with Crippen LogP contribution >= 0.6 is 0 Å². The number of carboxylic acids is 1. The summed E-state index contributed by atoms with van der Waals surface area (Å²) in [4.78, 5) is 10.9. The van der Waals surface area contributed by atoms with E-state index in [2.05, 4.69) is 10.3 Å². The minimum absolute atomic E-state index is 0.0213. The fraction of sp³-hybridized carbons (Fsp3) is 0.100. The van der Waals surface area contributed by atoms with E-state index in [1.807, 2.05) is 0 Å². The number of rotatable bonds is 2. The lowest BCUT2D eigenvalue weighted by atomic mass is 10.2. The molecule has 0 saturated carbocycles. The standard InChI is InChI=1S/C10H6F3N3O2/c11-10(12,13)8-5-16(15-14-8)7-4-2-1-3-6(7)9(17)18/h1-5H,(H,17,18).